The number of aryl methyl sites for hydroxylation is 1. The highest BCUT2D eigenvalue weighted by molar-refractivity contribution is 6.32. The van der Waals surface area contributed by atoms with Gasteiger partial charge in [-0.05, 0) is 74.4 Å². The van der Waals surface area contributed by atoms with Gasteiger partial charge >= 0.3 is 0 Å². The highest BCUT2D eigenvalue weighted by Gasteiger charge is 2.17. The number of rotatable bonds is 9. The van der Waals surface area contributed by atoms with Crippen molar-refractivity contribution in [1.29, 1.82) is 0 Å². The van der Waals surface area contributed by atoms with E-state index in [1.54, 1.807) is 62.4 Å². The van der Waals surface area contributed by atoms with E-state index in [9.17, 15) is 9.59 Å². The summed E-state index contributed by atoms with van der Waals surface area (Å²) in [5, 5.41) is 6.03. The van der Waals surface area contributed by atoms with E-state index in [4.69, 9.17) is 21.1 Å². The normalized spacial score (nSPS) is 12.4. The van der Waals surface area contributed by atoms with Gasteiger partial charge in [-0.2, -0.15) is 0 Å². The lowest BCUT2D eigenvalue weighted by Crippen LogP contribution is -2.30. The van der Waals surface area contributed by atoms with Crippen LogP contribution in [0.1, 0.15) is 26.3 Å². The molecule has 3 rings (SSSR count). The Morgan fingerprint density at radius 1 is 0.788 bits per heavy atom. The van der Waals surface area contributed by atoms with E-state index >= 15 is 0 Å². The molecule has 2 atom stereocenters. The lowest BCUT2D eigenvalue weighted by atomic mass is 10.2. The number of halogens is 1. The summed E-state index contributed by atoms with van der Waals surface area (Å²) in [4.78, 5) is 24.9. The van der Waals surface area contributed by atoms with E-state index in [0.29, 0.717) is 27.9 Å². The fourth-order valence-corrected chi connectivity index (χ4v) is 3.15. The van der Waals surface area contributed by atoms with Gasteiger partial charge in [0.25, 0.3) is 11.8 Å². The quantitative estimate of drug-likeness (QED) is 0.423. The second kappa shape index (κ2) is 11.4. The molecule has 172 valence electrons. The first-order chi connectivity index (χ1) is 15.9. The van der Waals surface area contributed by atoms with E-state index in [0.717, 1.165) is 6.42 Å². The van der Waals surface area contributed by atoms with Gasteiger partial charge in [0.2, 0.25) is 0 Å². The van der Waals surface area contributed by atoms with Crippen LogP contribution in [0, 0.1) is 0 Å². The van der Waals surface area contributed by atoms with E-state index in [1.807, 2.05) is 24.3 Å². The zero-order valence-electron chi connectivity index (χ0n) is 18.8. The van der Waals surface area contributed by atoms with Crippen LogP contribution < -0.4 is 20.1 Å². The fraction of sp³-hybridized carbons (Fsp3) is 0.231. The number of benzene rings is 3. The first-order valence-electron chi connectivity index (χ1n) is 10.7. The fourth-order valence-electron chi connectivity index (χ4n) is 2.97. The van der Waals surface area contributed by atoms with Crippen LogP contribution in [-0.4, -0.2) is 24.0 Å². The summed E-state index contributed by atoms with van der Waals surface area (Å²) in [6, 6.07) is 21.5. The monoisotopic (exact) mass is 466 g/mol. The van der Waals surface area contributed by atoms with Gasteiger partial charge in [0.1, 0.15) is 11.5 Å². The third-order valence-corrected chi connectivity index (χ3v) is 5.26. The molecule has 0 heterocycles. The second-order valence-electron chi connectivity index (χ2n) is 7.50. The van der Waals surface area contributed by atoms with Crippen molar-refractivity contribution >= 4 is 34.8 Å². The average molecular weight is 467 g/mol. The Morgan fingerprint density at radius 2 is 1.30 bits per heavy atom. The summed E-state index contributed by atoms with van der Waals surface area (Å²) in [6.45, 7) is 5.42. The molecule has 0 saturated heterocycles. The molecule has 0 aliphatic carbocycles. The zero-order valence-corrected chi connectivity index (χ0v) is 19.6. The number of carbonyl (C=O) groups excluding carboxylic acids is 2. The molecule has 3 aromatic rings. The van der Waals surface area contributed by atoms with Gasteiger partial charge in [0.15, 0.2) is 12.2 Å². The average Bonchev–Trinajstić information content (AvgIpc) is 2.82. The van der Waals surface area contributed by atoms with Gasteiger partial charge in [-0.15, -0.1) is 0 Å². The van der Waals surface area contributed by atoms with Crippen LogP contribution in [0.2, 0.25) is 5.02 Å². The molecular weight excluding hydrogens is 440 g/mol. The summed E-state index contributed by atoms with van der Waals surface area (Å²) in [7, 11) is 0. The van der Waals surface area contributed by atoms with Crippen molar-refractivity contribution in [3.05, 3.63) is 83.4 Å². The minimum Gasteiger partial charge on any atom is -0.481 e. The molecule has 33 heavy (non-hydrogen) atoms. The zero-order chi connectivity index (χ0) is 23.8. The predicted molar refractivity (Wildman–Crippen MR) is 131 cm³/mol. The number of amides is 2. The Labute approximate surface area is 198 Å². The highest BCUT2D eigenvalue weighted by Crippen LogP contribution is 2.24. The minimum atomic E-state index is -0.742. The van der Waals surface area contributed by atoms with Gasteiger partial charge in [-0.3, -0.25) is 9.59 Å². The number of nitrogens with one attached hydrogen (secondary N) is 2. The van der Waals surface area contributed by atoms with Crippen LogP contribution >= 0.6 is 11.6 Å². The first kappa shape index (κ1) is 24.1. The minimum absolute atomic E-state index is 0.270. The lowest BCUT2D eigenvalue weighted by molar-refractivity contribution is -0.122. The summed E-state index contributed by atoms with van der Waals surface area (Å²) < 4.78 is 11.3. The van der Waals surface area contributed by atoms with Gasteiger partial charge in [-0.1, -0.05) is 42.8 Å². The Balaban J connectivity index is 1.51. The van der Waals surface area contributed by atoms with E-state index < -0.39 is 12.2 Å². The summed E-state index contributed by atoms with van der Waals surface area (Å²) in [5.41, 5.74) is 2.37. The van der Waals surface area contributed by atoms with Crippen molar-refractivity contribution in [2.24, 2.45) is 0 Å². The largest absolute Gasteiger partial charge is 0.481 e. The van der Waals surface area contributed by atoms with E-state index in [2.05, 4.69) is 17.6 Å². The van der Waals surface area contributed by atoms with Crippen LogP contribution in [0.4, 0.5) is 11.4 Å². The van der Waals surface area contributed by atoms with Crippen molar-refractivity contribution in [2.45, 2.75) is 39.4 Å². The van der Waals surface area contributed by atoms with Gasteiger partial charge in [0, 0.05) is 11.4 Å². The van der Waals surface area contributed by atoms with Crippen molar-refractivity contribution in [2.75, 3.05) is 10.6 Å². The van der Waals surface area contributed by atoms with Crippen LogP contribution in [0.5, 0.6) is 11.5 Å². The van der Waals surface area contributed by atoms with Gasteiger partial charge in [-0.25, -0.2) is 0 Å². The Bertz CT molecular complexity index is 1080. The number of carbonyl (C=O) groups is 2. The highest BCUT2D eigenvalue weighted by atomic mass is 35.5. The van der Waals surface area contributed by atoms with Crippen LogP contribution in [0.3, 0.4) is 0 Å². The molecule has 6 nitrogen and oxygen atoms in total. The summed E-state index contributed by atoms with van der Waals surface area (Å²) >= 11 is 6.07. The van der Waals surface area contributed by atoms with Crippen LogP contribution in [-0.2, 0) is 16.0 Å². The molecule has 0 fully saturated rings. The maximum Gasteiger partial charge on any atom is 0.265 e. The summed E-state index contributed by atoms with van der Waals surface area (Å²) in [6.07, 6.45) is -0.464. The molecule has 2 unspecified atom stereocenters. The van der Waals surface area contributed by atoms with Crippen molar-refractivity contribution in [3.8, 4) is 11.5 Å². The smallest absolute Gasteiger partial charge is 0.265 e. The van der Waals surface area contributed by atoms with Crippen molar-refractivity contribution < 1.29 is 19.1 Å². The Kier molecular flexibility index (Phi) is 8.33. The third kappa shape index (κ3) is 6.99. The molecule has 0 aliphatic heterocycles. The number of anilines is 2. The molecule has 3 aromatic carbocycles. The summed E-state index contributed by atoms with van der Waals surface area (Å²) in [5.74, 6) is 0.495. The molecule has 0 aromatic heterocycles. The number of para-hydroxylation sites is 1. The topological polar surface area (TPSA) is 76.7 Å². The molecule has 0 radical (unpaired) electrons. The van der Waals surface area contributed by atoms with Crippen LogP contribution in [0.15, 0.2) is 72.8 Å². The molecule has 0 spiro atoms. The maximum atomic E-state index is 12.5. The number of hydrogen-bond donors (Lipinski definition) is 2. The molecule has 2 N–H and O–H groups in total. The molecule has 2 amide bonds. The second-order valence-corrected chi connectivity index (χ2v) is 7.91. The lowest BCUT2D eigenvalue weighted by Gasteiger charge is -2.16. The molecule has 0 bridgehead atoms. The third-order valence-electron chi connectivity index (χ3n) is 4.94. The Morgan fingerprint density at radius 3 is 1.82 bits per heavy atom. The van der Waals surface area contributed by atoms with E-state index in [1.165, 1.54) is 5.56 Å². The van der Waals surface area contributed by atoms with Gasteiger partial charge < -0.3 is 20.1 Å². The molecule has 7 heteroatoms. The van der Waals surface area contributed by atoms with Crippen molar-refractivity contribution in [1.82, 2.24) is 0 Å². The Hall–Kier alpha value is -3.51. The van der Waals surface area contributed by atoms with E-state index in [-0.39, 0.29) is 11.8 Å². The molecule has 0 aliphatic rings. The van der Waals surface area contributed by atoms with Crippen LogP contribution in [0.25, 0.3) is 0 Å². The molecular formula is C26H27ClN2O4. The number of hydrogen-bond acceptors (Lipinski definition) is 4. The predicted octanol–water partition coefficient (Wildman–Crippen LogP) is 5.71. The van der Waals surface area contributed by atoms with Gasteiger partial charge in [0.05, 0.1) is 5.02 Å². The SMILES string of the molecule is CCc1ccc(OC(C)C(=O)Nc2ccc(NC(=O)C(C)Oc3ccccc3Cl)cc2)cc1. The van der Waals surface area contributed by atoms with Crippen molar-refractivity contribution in [3.63, 3.8) is 0 Å². The number of ether oxygens (including phenoxy) is 2. The molecule has 0 saturated carbocycles. The maximum absolute atomic E-state index is 12.5. The first-order valence-corrected chi connectivity index (χ1v) is 11.1. The standard InChI is InChI=1S/C26H27ClN2O4/c1-4-19-9-15-22(16-10-19)32-17(2)25(30)28-20-11-13-21(14-12-20)29-26(31)18(3)33-24-8-6-5-7-23(24)27/h5-18H,4H2,1-3H3,(H,28,30)(H,29,31).